The van der Waals surface area contributed by atoms with Crippen LogP contribution in [0.25, 0.3) is 0 Å². The van der Waals surface area contributed by atoms with E-state index >= 15 is 0 Å². The van der Waals surface area contributed by atoms with Gasteiger partial charge in [-0.2, -0.15) is 5.10 Å². The first-order chi connectivity index (χ1) is 12.2. The van der Waals surface area contributed by atoms with Crippen molar-refractivity contribution in [3.05, 3.63) is 47.0 Å². The number of hydrazone groups is 1. The second-order valence-electron chi connectivity index (χ2n) is 4.99. The molecular formula is C17H15ClN2O5. The van der Waals surface area contributed by atoms with E-state index in [1.807, 2.05) is 0 Å². The quantitative estimate of drug-likeness (QED) is 0.631. The van der Waals surface area contributed by atoms with Gasteiger partial charge in [0.2, 0.25) is 12.5 Å². The molecule has 1 aliphatic heterocycles. The van der Waals surface area contributed by atoms with Gasteiger partial charge in [0.1, 0.15) is 5.75 Å². The monoisotopic (exact) mass is 362 g/mol. The highest BCUT2D eigenvalue weighted by Gasteiger charge is 2.19. The van der Waals surface area contributed by atoms with Crippen molar-refractivity contribution < 1.29 is 23.7 Å². The summed E-state index contributed by atoms with van der Waals surface area (Å²) in [6.45, 7) is -0.0194. The van der Waals surface area contributed by atoms with Gasteiger partial charge in [-0.25, -0.2) is 5.43 Å². The standard InChI is InChI=1S/C17H15ClN2O5/c1-22-14-6-11(7-15-17(14)25-10-24-15)8-19-20-16(21)9-23-13-4-2-12(18)3-5-13/h2-8H,9-10H2,1H3,(H,20,21)/b19-8-. The zero-order chi connectivity index (χ0) is 17.6. The first kappa shape index (κ1) is 16.9. The van der Waals surface area contributed by atoms with E-state index < -0.39 is 0 Å². The molecule has 0 bridgehead atoms. The third-order valence-corrected chi connectivity index (χ3v) is 3.52. The molecule has 0 radical (unpaired) electrons. The zero-order valence-electron chi connectivity index (χ0n) is 13.3. The maximum atomic E-state index is 11.7. The van der Waals surface area contributed by atoms with E-state index in [0.717, 1.165) is 0 Å². The van der Waals surface area contributed by atoms with E-state index in [1.54, 1.807) is 36.4 Å². The highest BCUT2D eigenvalue weighted by atomic mass is 35.5. The molecule has 0 aliphatic carbocycles. The van der Waals surface area contributed by atoms with E-state index in [9.17, 15) is 4.79 Å². The summed E-state index contributed by atoms with van der Waals surface area (Å²) in [6.07, 6.45) is 1.48. The van der Waals surface area contributed by atoms with E-state index in [4.69, 9.17) is 30.5 Å². The molecule has 130 valence electrons. The van der Waals surface area contributed by atoms with Crippen LogP contribution in [0.2, 0.25) is 5.02 Å². The van der Waals surface area contributed by atoms with Crippen molar-refractivity contribution in [1.82, 2.24) is 5.43 Å². The number of methoxy groups -OCH3 is 1. The number of hydrogen-bond donors (Lipinski definition) is 1. The van der Waals surface area contributed by atoms with Gasteiger partial charge in [-0.3, -0.25) is 4.79 Å². The summed E-state index contributed by atoms with van der Waals surface area (Å²) < 4.78 is 21.2. The second kappa shape index (κ2) is 7.76. The van der Waals surface area contributed by atoms with Crippen LogP contribution in [0.4, 0.5) is 0 Å². The van der Waals surface area contributed by atoms with Crippen LogP contribution in [-0.4, -0.2) is 32.6 Å². The molecule has 25 heavy (non-hydrogen) atoms. The Hall–Kier alpha value is -2.93. The lowest BCUT2D eigenvalue weighted by Gasteiger charge is -2.06. The third-order valence-electron chi connectivity index (χ3n) is 3.27. The first-order valence-electron chi connectivity index (χ1n) is 7.33. The van der Waals surface area contributed by atoms with Crippen molar-refractivity contribution in [1.29, 1.82) is 0 Å². The molecule has 7 nitrogen and oxygen atoms in total. The molecule has 0 unspecified atom stereocenters. The molecule has 1 aliphatic rings. The second-order valence-corrected chi connectivity index (χ2v) is 5.43. The molecule has 1 N–H and O–H groups in total. The Labute approximate surface area is 149 Å². The zero-order valence-corrected chi connectivity index (χ0v) is 14.1. The Morgan fingerprint density at radius 3 is 2.88 bits per heavy atom. The maximum absolute atomic E-state index is 11.7. The minimum Gasteiger partial charge on any atom is -0.493 e. The number of hydrogen-bond acceptors (Lipinski definition) is 6. The highest BCUT2D eigenvalue weighted by Crippen LogP contribution is 2.41. The SMILES string of the molecule is COc1cc(/C=N\NC(=O)COc2ccc(Cl)cc2)cc2c1OCO2. The Kier molecular flexibility index (Phi) is 5.25. The van der Waals surface area contributed by atoms with Crippen molar-refractivity contribution >= 4 is 23.7 Å². The molecule has 2 aromatic rings. The van der Waals surface area contributed by atoms with Crippen molar-refractivity contribution in [2.75, 3.05) is 20.5 Å². The van der Waals surface area contributed by atoms with Gasteiger partial charge in [0.05, 0.1) is 13.3 Å². The van der Waals surface area contributed by atoms with Crippen LogP contribution in [0.15, 0.2) is 41.5 Å². The fraction of sp³-hybridized carbons (Fsp3) is 0.176. The lowest BCUT2D eigenvalue weighted by molar-refractivity contribution is -0.123. The summed E-state index contributed by atoms with van der Waals surface area (Å²) in [7, 11) is 1.54. The van der Waals surface area contributed by atoms with Crippen LogP contribution < -0.4 is 24.4 Å². The smallest absolute Gasteiger partial charge is 0.277 e. The fourth-order valence-corrected chi connectivity index (χ4v) is 2.24. The summed E-state index contributed by atoms with van der Waals surface area (Å²) >= 11 is 5.78. The lowest BCUT2D eigenvalue weighted by atomic mass is 10.2. The Morgan fingerprint density at radius 1 is 1.32 bits per heavy atom. The topological polar surface area (TPSA) is 78.4 Å². The van der Waals surface area contributed by atoms with E-state index in [-0.39, 0.29) is 19.3 Å². The number of carbonyl (C=O) groups excluding carboxylic acids is 1. The van der Waals surface area contributed by atoms with Crippen molar-refractivity contribution in [3.8, 4) is 23.0 Å². The molecule has 3 rings (SSSR count). The normalized spacial score (nSPS) is 12.2. The number of benzene rings is 2. The molecule has 0 atom stereocenters. The molecule has 2 aromatic carbocycles. The molecule has 0 fully saturated rings. The van der Waals surface area contributed by atoms with Gasteiger partial charge in [0.15, 0.2) is 18.1 Å². The van der Waals surface area contributed by atoms with Gasteiger partial charge in [-0.1, -0.05) is 11.6 Å². The van der Waals surface area contributed by atoms with Gasteiger partial charge >= 0.3 is 0 Å². The van der Waals surface area contributed by atoms with Crippen LogP contribution in [0.3, 0.4) is 0 Å². The minimum atomic E-state index is -0.390. The van der Waals surface area contributed by atoms with Crippen molar-refractivity contribution in [2.45, 2.75) is 0 Å². The fourth-order valence-electron chi connectivity index (χ4n) is 2.12. The molecule has 1 amide bonds. The predicted octanol–water partition coefficient (Wildman–Crippen LogP) is 2.61. The van der Waals surface area contributed by atoms with Crippen molar-refractivity contribution in [3.63, 3.8) is 0 Å². The molecule has 0 saturated heterocycles. The molecule has 0 aromatic heterocycles. The van der Waals surface area contributed by atoms with Crippen LogP contribution in [-0.2, 0) is 4.79 Å². The van der Waals surface area contributed by atoms with E-state index in [0.29, 0.717) is 33.6 Å². The summed E-state index contributed by atoms with van der Waals surface area (Å²) in [5.74, 6) is 1.81. The number of ether oxygens (including phenoxy) is 4. The third kappa shape index (κ3) is 4.33. The Bertz CT molecular complexity index is 792. The van der Waals surface area contributed by atoms with Crippen LogP contribution in [0.5, 0.6) is 23.0 Å². The maximum Gasteiger partial charge on any atom is 0.277 e. The summed E-state index contributed by atoms with van der Waals surface area (Å²) in [5, 5.41) is 4.49. The molecular weight excluding hydrogens is 348 g/mol. The van der Waals surface area contributed by atoms with E-state index in [2.05, 4.69) is 10.5 Å². The lowest BCUT2D eigenvalue weighted by Crippen LogP contribution is -2.24. The predicted molar refractivity (Wildman–Crippen MR) is 91.8 cm³/mol. The Balaban J connectivity index is 1.54. The van der Waals surface area contributed by atoms with Gasteiger partial charge in [0.25, 0.3) is 5.91 Å². The number of nitrogens with zero attached hydrogens (tertiary/aromatic N) is 1. The van der Waals surface area contributed by atoms with Crippen LogP contribution >= 0.6 is 11.6 Å². The summed E-state index contributed by atoms with van der Waals surface area (Å²) in [4.78, 5) is 11.7. The average molecular weight is 363 g/mol. The molecule has 0 saturated carbocycles. The minimum absolute atomic E-state index is 0.144. The largest absolute Gasteiger partial charge is 0.493 e. The number of amides is 1. The number of carbonyl (C=O) groups is 1. The molecule has 8 heteroatoms. The molecule has 0 spiro atoms. The van der Waals surface area contributed by atoms with Crippen LogP contribution in [0, 0.1) is 0 Å². The Morgan fingerprint density at radius 2 is 2.12 bits per heavy atom. The number of nitrogens with one attached hydrogen (secondary N) is 1. The van der Waals surface area contributed by atoms with Gasteiger partial charge < -0.3 is 18.9 Å². The first-order valence-corrected chi connectivity index (χ1v) is 7.71. The molecule has 1 heterocycles. The van der Waals surface area contributed by atoms with Gasteiger partial charge in [-0.05, 0) is 36.4 Å². The van der Waals surface area contributed by atoms with Gasteiger partial charge in [-0.15, -0.1) is 0 Å². The van der Waals surface area contributed by atoms with Gasteiger partial charge in [0, 0.05) is 10.6 Å². The highest BCUT2D eigenvalue weighted by molar-refractivity contribution is 6.30. The average Bonchev–Trinajstić information content (AvgIpc) is 3.09. The van der Waals surface area contributed by atoms with Crippen LogP contribution in [0.1, 0.15) is 5.56 Å². The summed E-state index contributed by atoms with van der Waals surface area (Å²) in [6, 6.07) is 10.2. The number of halogens is 1. The van der Waals surface area contributed by atoms with E-state index in [1.165, 1.54) is 13.3 Å². The number of rotatable bonds is 6. The summed E-state index contributed by atoms with van der Waals surface area (Å²) in [5.41, 5.74) is 3.08. The van der Waals surface area contributed by atoms with Crippen molar-refractivity contribution in [2.24, 2.45) is 5.10 Å². The number of fused-ring (bicyclic) bond motifs is 1.